The summed E-state index contributed by atoms with van der Waals surface area (Å²) in [5, 5.41) is 7.01. The van der Waals surface area contributed by atoms with E-state index in [1.165, 1.54) is 12.8 Å². The second-order valence-corrected chi connectivity index (χ2v) is 8.43. The predicted octanol–water partition coefficient (Wildman–Crippen LogP) is 3.44. The lowest BCUT2D eigenvalue weighted by Gasteiger charge is -2.21. The number of rotatable bonds is 9. The lowest BCUT2D eigenvalue weighted by Crippen LogP contribution is -2.44. The number of anilines is 1. The average Bonchev–Trinajstić information content (AvgIpc) is 3.56. The van der Waals surface area contributed by atoms with Crippen LogP contribution < -0.4 is 29.7 Å². The molecular formula is C25H34N4O3. The molecule has 172 valence electrons. The summed E-state index contributed by atoms with van der Waals surface area (Å²) in [6, 6.07) is 14.5. The number of benzene rings is 2. The Labute approximate surface area is 190 Å². The highest BCUT2D eigenvalue weighted by Gasteiger charge is 2.25. The molecule has 2 aliphatic rings. The van der Waals surface area contributed by atoms with Gasteiger partial charge in [-0.3, -0.25) is 4.99 Å². The summed E-state index contributed by atoms with van der Waals surface area (Å²) < 4.78 is 16.9. The maximum atomic E-state index is 6.03. The van der Waals surface area contributed by atoms with Gasteiger partial charge in [0, 0.05) is 62.2 Å². The molecule has 0 amide bonds. The molecule has 1 aliphatic heterocycles. The van der Waals surface area contributed by atoms with Crippen molar-refractivity contribution in [3.8, 4) is 17.2 Å². The maximum Gasteiger partial charge on any atom is 0.191 e. The van der Waals surface area contributed by atoms with Gasteiger partial charge in [0.05, 0.1) is 20.8 Å². The number of methoxy groups -OCH3 is 2. The second kappa shape index (κ2) is 10.5. The average molecular weight is 439 g/mol. The van der Waals surface area contributed by atoms with E-state index in [0.717, 1.165) is 66.5 Å². The highest BCUT2D eigenvalue weighted by atomic mass is 16.5. The van der Waals surface area contributed by atoms with Gasteiger partial charge in [-0.05, 0) is 31.2 Å². The minimum absolute atomic E-state index is 0.305. The Morgan fingerprint density at radius 3 is 2.50 bits per heavy atom. The van der Waals surface area contributed by atoms with E-state index in [-0.39, 0.29) is 0 Å². The van der Waals surface area contributed by atoms with Gasteiger partial charge < -0.3 is 29.7 Å². The van der Waals surface area contributed by atoms with Crippen LogP contribution in [-0.2, 0) is 6.54 Å². The van der Waals surface area contributed by atoms with Crippen molar-refractivity contribution < 1.29 is 14.2 Å². The van der Waals surface area contributed by atoms with Crippen molar-refractivity contribution in [3.05, 3.63) is 48.0 Å². The first-order valence-electron chi connectivity index (χ1n) is 11.3. The summed E-state index contributed by atoms with van der Waals surface area (Å²) in [7, 11) is 5.17. The summed E-state index contributed by atoms with van der Waals surface area (Å²) in [6.07, 6.45) is 3.61. The van der Waals surface area contributed by atoms with Gasteiger partial charge in [-0.1, -0.05) is 18.2 Å². The molecule has 1 aliphatic carbocycles. The minimum atomic E-state index is 0.305. The number of hydrogen-bond donors (Lipinski definition) is 2. The molecule has 1 heterocycles. The van der Waals surface area contributed by atoms with Crippen LogP contribution in [-0.4, -0.2) is 53.0 Å². The highest BCUT2D eigenvalue weighted by molar-refractivity contribution is 5.80. The van der Waals surface area contributed by atoms with Gasteiger partial charge in [-0.25, -0.2) is 0 Å². The van der Waals surface area contributed by atoms with E-state index in [2.05, 4.69) is 44.8 Å². The fourth-order valence-corrected chi connectivity index (χ4v) is 3.94. The first-order chi connectivity index (χ1) is 15.7. The first-order valence-corrected chi connectivity index (χ1v) is 11.3. The lowest BCUT2D eigenvalue weighted by molar-refractivity contribution is 0.296. The molecule has 2 aromatic rings. The Kier molecular flexibility index (Phi) is 7.24. The second-order valence-electron chi connectivity index (χ2n) is 8.43. The van der Waals surface area contributed by atoms with Crippen LogP contribution in [0.25, 0.3) is 0 Å². The van der Waals surface area contributed by atoms with Crippen LogP contribution in [0.4, 0.5) is 5.69 Å². The molecule has 0 radical (unpaired) electrons. The van der Waals surface area contributed by atoms with Crippen LogP contribution in [0.2, 0.25) is 0 Å². The molecule has 32 heavy (non-hydrogen) atoms. The Morgan fingerprint density at radius 1 is 1.06 bits per heavy atom. The molecule has 2 fully saturated rings. The Balaban J connectivity index is 1.31. The van der Waals surface area contributed by atoms with E-state index in [9.17, 15) is 0 Å². The number of nitrogens with one attached hydrogen (secondary N) is 2. The van der Waals surface area contributed by atoms with Gasteiger partial charge in [-0.2, -0.15) is 0 Å². The smallest absolute Gasteiger partial charge is 0.191 e. The number of para-hydroxylation sites is 1. The van der Waals surface area contributed by atoms with E-state index in [1.807, 2.05) is 25.2 Å². The fourth-order valence-electron chi connectivity index (χ4n) is 3.94. The normalized spacial score (nSPS) is 18.4. The van der Waals surface area contributed by atoms with Gasteiger partial charge in [0.15, 0.2) is 5.96 Å². The van der Waals surface area contributed by atoms with E-state index in [0.29, 0.717) is 12.6 Å². The van der Waals surface area contributed by atoms with Gasteiger partial charge in [0.25, 0.3) is 0 Å². The van der Waals surface area contributed by atoms with Crippen molar-refractivity contribution >= 4 is 11.6 Å². The van der Waals surface area contributed by atoms with Crippen molar-refractivity contribution in [1.29, 1.82) is 0 Å². The van der Waals surface area contributed by atoms with Crippen molar-refractivity contribution in [2.24, 2.45) is 10.9 Å². The number of hydrogen-bond acceptors (Lipinski definition) is 5. The minimum Gasteiger partial charge on any atom is -0.497 e. The molecule has 2 aromatic carbocycles. The molecule has 1 unspecified atom stereocenters. The van der Waals surface area contributed by atoms with E-state index in [1.54, 1.807) is 14.2 Å². The van der Waals surface area contributed by atoms with Crippen LogP contribution in [0.3, 0.4) is 0 Å². The van der Waals surface area contributed by atoms with Crippen LogP contribution in [0, 0.1) is 5.92 Å². The fraction of sp³-hybridized carbons (Fsp3) is 0.480. The van der Waals surface area contributed by atoms with Crippen molar-refractivity contribution in [1.82, 2.24) is 10.6 Å². The number of ether oxygens (including phenoxy) is 3. The number of guanidine groups is 1. The Morgan fingerprint density at radius 2 is 1.81 bits per heavy atom. The van der Waals surface area contributed by atoms with E-state index in [4.69, 9.17) is 14.2 Å². The molecule has 0 spiro atoms. The zero-order valence-electron chi connectivity index (χ0n) is 19.3. The molecule has 1 atom stereocenters. The maximum absolute atomic E-state index is 6.03. The third-order valence-corrected chi connectivity index (χ3v) is 6.04. The molecule has 0 aromatic heterocycles. The van der Waals surface area contributed by atoms with Crippen LogP contribution in [0.15, 0.2) is 47.5 Å². The molecule has 1 saturated heterocycles. The summed E-state index contributed by atoms with van der Waals surface area (Å²) >= 11 is 0. The molecule has 2 N–H and O–H groups in total. The summed E-state index contributed by atoms with van der Waals surface area (Å²) in [5.74, 6) is 4.10. The molecule has 7 nitrogen and oxygen atoms in total. The first kappa shape index (κ1) is 22.1. The topological polar surface area (TPSA) is 67.4 Å². The van der Waals surface area contributed by atoms with Gasteiger partial charge in [0.1, 0.15) is 17.2 Å². The molecule has 0 bridgehead atoms. The quantitative estimate of drug-likeness (QED) is 0.462. The molecule has 7 heteroatoms. The highest BCUT2D eigenvalue weighted by Crippen LogP contribution is 2.31. The number of aliphatic imine (C=N–C) groups is 1. The van der Waals surface area contributed by atoms with Gasteiger partial charge in [0.2, 0.25) is 0 Å². The van der Waals surface area contributed by atoms with Crippen molar-refractivity contribution in [3.63, 3.8) is 0 Å². The molecular weight excluding hydrogens is 404 g/mol. The van der Waals surface area contributed by atoms with Crippen LogP contribution in [0.1, 0.15) is 24.8 Å². The lowest BCUT2D eigenvalue weighted by atomic mass is 10.2. The summed E-state index contributed by atoms with van der Waals surface area (Å²) in [6.45, 7) is 3.34. The van der Waals surface area contributed by atoms with Crippen LogP contribution in [0.5, 0.6) is 17.2 Å². The van der Waals surface area contributed by atoms with Crippen molar-refractivity contribution in [2.75, 3.05) is 45.9 Å². The Hall–Kier alpha value is -3.09. The summed E-state index contributed by atoms with van der Waals surface area (Å²) in [5.41, 5.74) is 2.25. The Bertz CT molecular complexity index is 907. The van der Waals surface area contributed by atoms with E-state index < -0.39 is 0 Å². The largest absolute Gasteiger partial charge is 0.497 e. The standard InChI is InChI=1S/C25H34N4O3/c1-26-25(27-15-19-6-4-5-7-24(19)32-17-18-8-9-18)28-20-10-11-29(16-20)21-12-22(30-2)14-23(13-21)31-3/h4-7,12-14,18,20H,8-11,15-17H2,1-3H3,(H2,26,27,28). The van der Waals surface area contributed by atoms with Crippen LogP contribution >= 0.6 is 0 Å². The third kappa shape index (κ3) is 5.78. The zero-order valence-corrected chi connectivity index (χ0v) is 19.3. The van der Waals surface area contributed by atoms with E-state index >= 15 is 0 Å². The molecule has 1 saturated carbocycles. The zero-order chi connectivity index (χ0) is 22.3. The SMILES string of the molecule is CN=C(NCc1ccccc1OCC1CC1)NC1CCN(c2cc(OC)cc(OC)c2)C1. The predicted molar refractivity (Wildman–Crippen MR) is 128 cm³/mol. The van der Waals surface area contributed by atoms with Crippen molar-refractivity contribution in [2.45, 2.75) is 31.8 Å². The third-order valence-electron chi connectivity index (χ3n) is 6.04. The molecule has 4 rings (SSSR count). The number of nitrogens with zero attached hydrogens (tertiary/aromatic N) is 2. The summed E-state index contributed by atoms with van der Waals surface area (Å²) in [4.78, 5) is 6.77. The monoisotopic (exact) mass is 438 g/mol. The van der Waals surface area contributed by atoms with Gasteiger partial charge >= 0.3 is 0 Å². The van der Waals surface area contributed by atoms with Gasteiger partial charge in [-0.15, -0.1) is 0 Å².